The van der Waals surface area contributed by atoms with Crippen molar-refractivity contribution in [3.8, 4) is 17.1 Å². The van der Waals surface area contributed by atoms with Crippen LogP contribution in [0.15, 0.2) is 45.6 Å². The fraction of sp³-hybridized carbons (Fsp3) is 0.333. The fourth-order valence-corrected chi connectivity index (χ4v) is 3.61. The topological polar surface area (TPSA) is 54.6 Å². The minimum absolute atomic E-state index is 0.674. The lowest BCUT2D eigenvalue weighted by atomic mass is 10.2. The second-order valence-electron chi connectivity index (χ2n) is 5.98. The maximum atomic E-state index is 5.40. The van der Waals surface area contributed by atoms with Crippen molar-refractivity contribution in [1.29, 1.82) is 0 Å². The molecule has 7 heteroatoms. The van der Waals surface area contributed by atoms with Crippen molar-refractivity contribution < 1.29 is 9.26 Å². The summed E-state index contributed by atoms with van der Waals surface area (Å²) >= 11 is 1.63. The zero-order valence-corrected chi connectivity index (χ0v) is 14.9. The van der Waals surface area contributed by atoms with E-state index in [2.05, 4.69) is 32.1 Å². The molecule has 1 fully saturated rings. The Kier molecular flexibility index (Phi) is 4.67. The van der Waals surface area contributed by atoms with E-state index in [1.807, 2.05) is 29.0 Å². The third-order valence-electron chi connectivity index (χ3n) is 4.42. The van der Waals surface area contributed by atoms with Crippen LogP contribution in [-0.2, 0) is 6.54 Å². The number of benzene rings is 1. The summed E-state index contributed by atoms with van der Waals surface area (Å²) in [5.74, 6) is 2.24. The van der Waals surface area contributed by atoms with E-state index in [1.165, 1.54) is 5.69 Å². The highest BCUT2D eigenvalue weighted by Crippen LogP contribution is 2.22. The van der Waals surface area contributed by atoms with Gasteiger partial charge >= 0.3 is 0 Å². The van der Waals surface area contributed by atoms with Gasteiger partial charge < -0.3 is 14.2 Å². The third kappa shape index (κ3) is 3.67. The van der Waals surface area contributed by atoms with Gasteiger partial charge in [0.25, 0.3) is 0 Å². The molecule has 3 heterocycles. The molecule has 0 atom stereocenters. The average molecular weight is 356 g/mol. The molecule has 6 nitrogen and oxygen atoms in total. The molecule has 1 aromatic carbocycles. The largest absolute Gasteiger partial charge is 0.497 e. The Morgan fingerprint density at radius 1 is 1.12 bits per heavy atom. The summed E-state index contributed by atoms with van der Waals surface area (Å²) in [6.45, 7) is 4.62. The first-order chi connectivity index (χ1) is 12.3. The Hall–Kier alpha value is -2.38. The van der Waals surface area contributed by atoms with E-state index in [-0.39, 0.29) is 0 Å². The van der Waals surface area contributed by atoms with Crippen LogP contribution < -0.4 is 9.64 Å². The van der Waals surface area contributed by atoms with Gasteiger partial charge in [-0.05, 0) is 35.7 Å². The third-order valence-corrected chi connectivity index (χ3v) is 5.10. The van der Waals surface area contributed by atoms with Crippen LogP contribution in [0, 0.1) is 0 Å². The summed E-state index contributed by atoms with van der Waals surface area (Å²) in [5.41, 5.74) is 2.25. The molecule has 0 amide bonds. The molecule has 0 saturated carbocycles. The van der Waals surface area contributed by atoms with Crippen molar-refractivity contribution in [2.45, 2.75) is 6.54 Å². The SMILES string of the molecule is COc1ccc(N2CCN(Cc3nc(-c4ccsc4)no3)CC2)cc1. The summed E-state index contributed by atoms with van der Waals surface area (Å²) in [5, 5.41) is 8.12. The predicted molar refractivity (Wildman–Crippen MR) is 98.1 cm³/mol. The number of methoxy groups -OCH3 is 1. The van der Waals surface area contributed by atoms with Gasteiger partial charge in [0.05, 0.1) is 13.7 Å². The number of hydrogen-bond donors (Lipinski definition) is 0. The highest BCUT2D eigenvalue weighted by Gasteiger charge is 2.20. The van der Waals surface area contributed by atoms with Crippen LogP contribution >= 0.6 is 11.3 Å². The predicted octanol–water partition coefficient (Wildman–Crippen LogP) is 3.13. The molecule has 3 aromatic rings. The number of anilines is 1. The normalized spacial score (nSPS) is 15.5. The van der Waals surface area contributed by atoms with Crippen LogP contribution in [0.2, 0.25) is 0 Å². The maximum Gasteiger partial charge on any atom is 0.241 e. The number of nitrogens with zero attached hydrogens (tertiary/aromatic N) is 4. The van der Waals surface area contributed by atoms with Crippen molar-refractivity contribution in [3.05, 3.63) is 47.0 Å². The van der Waals surface area contributed by atoms with Crippen LogP contribution in [0.3, 0.4) is 0 Å². The highest BCUT2D eigenvalue weighted by atomic mass is 32.1. The van der Waals surface area contributed by atoms with Crippen molar-refractivity contribution in [2.75, 3.05) is 38.2 Å². The van der Waals surface area contributed by atoms with Crippen molar-refractivity contribution in [3.63, 3.8) is 0 Å². The van der Waals surface area contributed by atoms with Gasteiger partial charge in [-0.15, -0.1) is 0 Å². The Morgan fingerprint density at radius 3 is 2.60 bits per heavy atom. The van der Waals surface area contributed by atoms with Crippen molar-refractivity contribution in [2.24, 2.45) is 0 Å². The number of ether oxygens (including phenoxy) is 1. The van der Waals surface area contributed by atoms with Crippen LogP contribution in [0.4, 0.5) is 5.69 Å². The van der Waals surface area contributed by atoms with Gasteiger partial charge in [-0.1, -0.05) is 5.16 Å². The fourth-order valence-electron chi connectivity index (χ4n) is 2.98. The number of piperazine rings is 1. The standard InChI is InChI=1S/C18H20N4O2S/c1-23-16-4-2-15(3-5-16)22-9-7-21(8-10-22)12-17-19-18(20-24-17)14-6-11-25-13-14/h2-6,11,13H,7-10,12H2,1H3. The Morgan fingerprint density at radius 2 is 1.92 bits per heavy atom. The van der Waals surface area contributed by atoms with E-state index < -0.39 is 0 Å². The second-order valence-corrected chi connectivity index (χ2v) is 6.77. The minimum atomic E-state index is 0.674. The molecule has 2 aromatic heterocycles. The van der Waals surface area contributed by atoms with Gasteiger partial charge in [-0.25, -0.2) is 0 Å². The molecule has 1 aliphatic heterocycles. The van der Waals surface area contributed by atoms with E-state index in [4.69, 9.17) is 9.26 Å². The molecular weight excluding hydrogens is 336 g/mol. The van der Waals surface area contributed by atoms with Crippen molar-refractivity contribution in [1.82, 2.24) is 15.0 Å². The quantitative estimate of drug-likeness (QED) is 0.700. The smallest absolute Gasteiger partial charge is 0.241 e. The first-order valence-corrected chi connectivity index (χ1v) is 9.22. The minimum Gasteiger partial charge on any atom is -0.497 e. The summed E-state index contributed by atoms with van der Waals surface area (Å²) in [7, 11) is 1.69. The number of hydrogen-bond acceptors (Lipinski definition) is 7. The molecule has 1 saturated heterocycles. The number of aromatic nitrogens is 2. The molecule has 0 bridgehead atoms. The first kappa shape index (κ1) is 16.1. The summed E-state index contributed by atoms with van der Waals surface area (Å²) in [6.07, 6.45) is 0. The van der Waals surface area contributed by atoms with E-state index >= 15 is 0 Å². The Balaban J connectivity index is 1.33. The van der Waals surface area contributed by atoms with E-state index in [9.17, 15) is 0 Å². The molecule has 4 rings (SSSR count). The molecule has 0 spiro atoms. The zero-order valence-electron chi connectivity index (χ0n) is 14.1. The lowest BCUT2D eigenvalue weighted by molar-refractivity contribution is 0.215. The monoisotopic (exact) mass is 356 g/mol. The van der Waals surface area contributed by atoms with E-state index in [0.717, 1.165) is 37.5 Å². The van der Waals surface area contributed by atoms with Gasteiger partial charge in [-0.2, -0.15) is 16.3 Å². The first-order valence-electron chi connectivity index (χ1n) is 8.28. The average Bonchev–Trinajstić information content (AvgIpc) is 3.34. The summed E-state index contributed by atoms with van der Waals surface area (Å²) in [4.78, 5) is 9.24. The molecule has 0 aliphatic carbocycles. The Labute approximate surface area is 150 Å². The lowest BCUT2D eigenvalue weighted by Gasteiger charge is -2.35. The molecule has 1 aliphatic rings. The van der Waals surface area contributed by atoms with Gasteiger partial charge in [0, 0.05) is 42.8 Å². The summed E-state index contributed by atoms with van der Waals surface area (Å²) in [6, 6.07) is 10.2. The van der Waals surface area contributed by atoms with Crippen LogP contribution in [0.25, 0.3) is 11.4 Å². The van der Waals surface area contributed by atoms with Gasteiger partial charge in [-0.3, -0.25) is 4.90 Å². The number of thiophene rings is 1. The van der Waals surface area contributed by atoms with E-state index in [0.29, 0.717) is 18.3 Å². The maximum absolute atomic E-state index is 5.40. The highest BCUT2D eigenvalue weighted by molar-refractivity contribution is 7.08. The van der Waals surface area contributed by atoms with Crippen LogP contribution in [0.5, 0.6) is 5.75 Å². The van der Waals surface area contributed by atoms with Gasteiger partial charge in [0.2, 0.25) is 11.7 Å². The molecule has 25 heavy (non-hydrogen) atoms. The zero-order chi connectivity index (χ0) is 17.1. The van der Waals surface area contributed by atoms with E-state index in [1.54, 1.807) is 18.4 Å². The van der Waals surface area contributed by atoms with Crippen molar-refractivity contribution >= 4 is 17.0 Å². The molecule has 0 radical (unpaired) electrons. The molecule has 0 unspecified atom stereocenters. The Bertz CT molecular complexity index is 793. The summed E-state index contributed by atoms with van der Waals surface area (Å²) < 4.78 is 10.6. The lowest BCUT2D eigenvalue weighted by Crippen LogP contribution is -2.46. The molecule has 0 N–H and O–H groups in total. The molecular formula is C18H20N4O2S. The van der Waals surface area contributed by atoms with Crippen LogP contribution in [-0.4, -0.2) is 48.3 Å². The van der Waals surface area contributed by atoms with Crippen LogP contribution in [0.1, 0.15) is 5.89 Å². The molecule has 130 valence electrons. The number of rotatable bonds is 5. The van der Waals surface area contributed by atoms with Gasteiger partial charge in [0.15, 0.2) is 0 Å². The second kappa shape index (κ2) is 7.25. The van der Waals surface area contributed by atoms with Gasteiger partial charge in [0.1, 0.15) is 5.75 Å².